The summed E-state index contributed by atoms with van der Waals surface area (Å²) in [6, 6.07) is 6.16. The number of carboxylic acid groups (broad SMARTS) is 1. The van der Waals surface area contributed by atoms with Crippen LogP contribution in [0, 0.1) is 17.2 Å². The highest BCUT2D eigenvalue weighted by Gasteiger charge is 2.29. The van der Waals surface area contributed by atoms with Crippen molar-refractivity contribution in [1.29, 1.82) is 5.26 Å². The lowest BCUT2D eigenvalue weighted by atomic mass is 10.1. The Morgan fingerprint density at radius 2 is 1.95 bits per heavy atom. The molecule has 0 fully saturated rings. The third-order valence-corrected chi connectivity index (χ3v) is 4.01. The molecular formula is C12H14N2O4S. The van der Waals surface area contributed by atoms with Gasteiger partial charge in [0.25, 0.3) is 0 Å². The van der Waals surface area contributed by atoms with Crippen LogP contribution in [0.5, 0.6) is 0 Å². The largest absolute Gasteiger partial charge is 0.480 e. The zero-order valence-electron chi connectivity index (χ0n) is 10.5. The van der Waals surface area contributed by atoms with Crippen molar-refractivity contribution in [2.24, 2.45) is 5.92 Å². The van der Waals surface area contributed by atoms with Crippen molar-refractivity contribution in [3.8, 4) is 6.07 Å². The molecule has 0 aliphatic heterocycles. The fraction of sp³-hybridized carbons (Fsp3) is 0.333. The van der Waals surface area contributed by atoms with E-state index >= 15 is 0 Å². The molecule has 0 heterocycles. The van der Waals surface area contributed by atoms with E-state index in [1.165, 1.54) is 24.3 Å². The maximum Gasteiger partial charge on any atom is 0.322 e. The summed E-state index contributed by atoms with van der Waals surface area (Å²) in [4.78, 5) is 10.8. The fourth-order valence-corrected chi connectivity index (χ4v) is 2.99. The van der Waals surface area contributed by atoms with Crippen LogP contribution < -0.4 is 4.72 Å². The fourth-order valence-electron chi connectivity index (χ4n) is 1.50. The first-order valence-electron chi connectivity index (χ1n) is 5.54. The van der Waals surface area contributed by atoms with Gasteiger partial charge in [0.15, 0.2) is 0 Å². The first kappa shape index (κ1) is 15.1. The molecule has 0 amide bonds. The Morgan fingerprint density at radius 3 is 2.42 bits per heavy atom. The van der Waals surface area contributed by atoms with E-state index in [1.54, 1.807) is 19.9 Å². The molecule has 0 aromatic heterocycles. The smallest absolute Gasteiger partial charge is 0.322 e. The summed E-state index contributed by atoms with van der Waals surface area (Å²) in [6.07, 6.45) is 0. The summed E-state index contributed by atoms with van der Waals surface area (Å²) >= 11 is 0. The van der Waals surface area contributed by atoms with Gasteiger partial charge in [-0.2, -0.15) is 9.98 Å². The Balaban J connectivity index is 3.19. The summed E-state index contributed by atoms with van der Waals surface area (Å²) in [7, 11) is -4.05. The van der Waals surface area contributed by atoms with Gasteiger partial charge in [0.05, 0.1) is 10.5 Å². The minimum Gasteiger partial charge on any atom is -0.480 e. The van der Waals surface area contributed by atoms with Crippen LogP contribution in [0.2, 0.25) is 0 Å². The zero-order valence-corrected chi connectivity index (χ0v) is 11.3. The van der Waals surface area contributed by atoms with Crippen LogP contribution in [0.4, 0.5) is 0 Å². The summed E-state index contributed by atoms with van der Waals surface area (Å²) in [5, 5.41) is 17.9. The molecule has 1 aromatic rings. The number of hydrogen-bond acceptors (Lipinski definition) is 4. The maximum absolute atomic E-state index is 12.1. The van der Waals surface area contributed by atoms with Gasteiger partial charge < -0.3 is 5.11 Å². The van der Waals surface area contributed by atoms with Gasteiger partial charge >= 0.3 is 5.97 Å². The highest BCUT2D eigenvalue weighted by atomic mass is 32.2. The molecule has 102 valence electrons. The van der Waals surface area contributed by atoms with Gasteiger partial charge in [0, 0.05) is 0 Å². The summed E-state index contributed by atoms with van der Waals surface area (Å²) in [6.45, 7) is 3.19. The molecule has 1 aromatic carbocycles. The molecule has 0 bridgehead atoms. The number of carbonyl (C=O) groups is 1. The van der Waals surface area contributed by atoms with Gasteiger partial charge in [-0.1, -0.05) is 26.0 Å². The second-order valence-corrected chi connectivity index (χ2v) is 5.97. The van der Waals surface area contributed by atoms with E-state index in [4.69, 9.17) is 10.4 Å². The van der Waals surface area contributed by atoms with Crippen LogP contribution in [0.1, 0.15) is 19.4 Å². The quantitative estimate of drug-likeness (QED) is 0.836. The summed E-state index contributed by atoms with van der Waals surface area (Å²) in [5.41, 5.74) is -0.0251. The Bertz CT molecular complexity index is 617. The molecule has 19 heavy (non-hydrogen) atoms. The molecule has 0 saturated carbocycles. The van der Waals surface area contributed by atoms with Gasteiger partial charge in [0.2, 0.25) is 10.0 Å². The van der Waals surface area contributed by atoms with Crippen molar-refractivity contribution in [2.45, 2.75) is 24.8 Å². The van der Waals surface area contributed by atoms with Crippen molar-refractivity contribution < 1.29 is 18.3 Å². The van der Waals surface area contributed by atoms with Crippen LogP contribution in [-0.4, -0.2) is 25.5 Å². The number of carboxylic acids is 1. The number of nitrogens with one attached hydrogen (secondary N) is 1. The lowest BCUT2D eigenvalue weighted by molar-refractivity contribution is -0.140. The first-order valence-corrected chi connectivity index (χ1v) is 7.02. The number of nitriles is 1. The second kappa shape index (κ2) is 5.82. The molecular weight excluding hydrogens is 268 g/mol. The van der Waals surface area contributed by atoms with Gasteiger partial charge in [-0.25, -0.2) is 8.42 Å². The van der Waals surface area contributed by atoms with Gasteiger partial charge in [-0.3, -0.25) is 4.79 Å². The van der Waals surface area contributed by atoms with Crippen molar-refractivity contribution in [1.82, 2.24) is 4.72 Å². The van der Waals surface area contributed by atoms with Gasteiger partial charge in [0.1, 0.15) is 12.1 Å². The molecule has 6 nitrogen and oxygen atoms in total. The van der Waals surface area contributed by atoms with E-state index in [-0.39, 0.29) is 10.5 Å². The first-order chi connectivity index (χ1) is 8.79. The van der Waals surface area contributed by atoms with Crippen LogP contribution >= 0.6 is 0 Å². The zero-order chi connectivity index (χ0) is 14.6. The lowest BCUT2D eigenvalue weighted by Crippen LogP contribution is -2.44. The van der Waals surface area contributed by atoms with Crippen molar-refractivity contribution >= 4 is 16.0 Å². The van der Waals surface area contributed by atoms with Crippen LogP contribution in [0.15, 0.2) is 29.2 Å². The van der Waals surface area contributed by atoms with Crippen molar-refractivity contribution in [2.75, 3.05) is 0 Å². The minimum absolute atomic E-state index is 0.0251. The SMILES string of the molecule is CC(C)[C@H](NS(=O)(=O)c1ccccc1C#N)C(=O)O. The highest BCUT2D eigenvalue weighted by molar-refractivity contribution is 7.89. The van der Waals surface area contributed by atoms with E-state index in [2.05, 4.69) is 4.72 Å². The minimum atomic E-state index is -4.05. The molecule has 0 unspecified atom stereocenters. The van der Waals surface area contributed by atoms with E-state index < -0.39 is 28.0 Å². The lowest BCUT2D eigenvalue weighted by Gasteiger charge is -2.18. The molecule has 7 heteroatoms. The number of nitrogens with zero attached hydrogens (tertiary/aromatic N) is 1. The molecule has 0 spiro atoms. The Morgan fingerprint density at radius 1 is 1.37 bits per heavy atom. The molecule has 1 rings (SSSR count). The topological polar surface area (TPSA) is 107 Å². The highest BCUT2D eigenvalue weighted by Crippen LogP contribution is 2.16. The maximum atomic E-state index is 12.1. The van der Waals surface area contributed by atoms with E-state index in [1.807, 2.05) is 0 Å². The molecule has 2 N–H and O–H groups in total. The molecule has 0 radical (unpaired) electrons. The van der Waals surface area contributed by atoms with E-state index in [0.717, 1.165) is 0 Å². The van der Waals surface area contributed by atoms with Crippen LogP contribution in [-0.2, 0) is 14.8 Å². The van der Waals surface area contributed by atoms with Crippen LogP contribution in [0.3, 0.4) is 0 Å². The summed E-state index contributed by atoms with van der Waals surface area (Å²) < 4.78 is 26.3. The Hall–Kier alpha value is -1.91. The third-order valence-electron chi connectivity index (χ3n) is 2.51. The van der Waals surface area contributed by atoms with E-state index in [9.17, 15) is 13.2 Å². The third kappa shape index (κ3) is 3.53. The molecule has 1 atom stereocenters. The van der Waals surface area contributed by atoms with Gasteiger partial charge in [-0.05, 0) is 18.1 Å². The van der Waals surface area contributed by atoms with Crippen molar-refractivity contribution in [3.05, 3.63) is 29.8 Å². The number of hydrogen-bond donors (Lipinski definition) is 2. The van der Waals surface area contributed by atoms with Crippen LogP contribution in [0.25, 0.3) is 0 Å². The second-order valence-electron chi connectivity index (χ2n) is 4.29. The van der Waals surface area contributed by atoms with Gasteiger partial charge in [-0.15, -0.1) is 0 Å². The number of rotatable bonds is 5. The average Bonchev–Trinajstić information content (AvgIpc) is 2.35. The van der Waals surface area contributed by atoms with E-state index in [0.29, 0.717) is 0 Å². The predicted molar refractivity (Wildman–Crippen MR) is 67.7 cm³/mol. The molecule has 0 saturated heterocycles. The number of sulfonamides is 1. The summed E-state index contributed by atoms with van der Waals surface area (Å²) in [5.74, 6) is -1.67. The number of benzene rings is 1. The molecule has 0 aliphatic carbocycles. The normalized spacial score (nSPS) is 12.9. The molecule has 0 aliphatic rings. The predicted octanol–water partition coefficient (Wildman–Crippen LogP) is 0.946. The Kier molecular flexibility index (Phi) is 4.64. The standard InChI is InChI=1S/C12H14N2O4S/c1-8(2)11(12(15)16)14-19(17,18)10-6-4-3-5-9(10)7-13/h3-6,8,11,14H,1-2H3,(H,15,16)/t11-/m0/s1. The average molecular weight is 282 g/mol. The Labute approximate surface area is 111 Å². The monoisotopic (exact) mass is 282 g/mol. The number of aliphatic carboxylic acids is 1. The van der Waals surface area contributed by atoms with Crippen molar-refractivity contribution in [3.63, 3.8) is 0 Å².